The Morgan fingerprint density at radius 3 is 2.54 bits per heavy atom. The van der Waals surface area contributed by atoms with Gasteiger partial charge in [-0.05, 0) is 48.9 Å². The second-order valence-corrected chi connectivity index (χ2v) is 8.80. The molecule has 0 aromatic heterocycles. The molecule has 0 atom stereocenters. The third-order valence-electron chi connectivity index (χ3n) is 6.50. The van der Waals surface area contributed by atoms with Gasteiger partial charge in [-0.3, -0.25) is 4.79 Å². The Morgan fingerprint density at radius 2 is 1.77 bits per heavy atom. The molecule has 0 aliphatic carbocycles. The highest BCUT2D eigenvalue weighted by Gasteiger charge is 2.28. The van der Waals surface area contributed by atoms with E-state index in [0.717, 1.165) is 31.7 Å². The number of carbonyl (C=O) groups excluding carboxylic acids is 1. The first kappa shape index (κ1) is 25.0. The highest BCUT2D eigenvalue weighted by Crippen LogP contribution is 2.31. The Hall–Kier alpha value is -3.10. The summed E-state index contributed by atoms with van der Waals surface area (Å²) in [7, 11) is 0. The van der Waals surface area contributed by atoms with Gasteiger partial charge in [-0.15, -0.1) is 0 Å². The number of rotatable bonds is 7. The van der Waals surface area contributed by atoms with Gasteiger partial charge in [-0.2, -0.15) is 0 Å². The van der Waals surface area contributed by atoms with Gasteiger partial charge in [0.25, 0.3) is 5.91 Å². The van der Waals surface area contributed by atoms with Gasteiger partial charge in [0, 0.05) is 44.0 Å². The summed E-state index contributed by atoms with van der Waals surface area (Å²) in [6.07, 6.45) is 8.93. The molecule has 2 aromatic carbocycles. The minimum Gasteiger partial charge on any atom is -0.395 e. The van der Waals surface area contributed by atoms with Gasteiger partial charge in [0.05, 0.1) is 6.61 Å². The van der Waals surface area contributed by atoms with Gasteiger partial charge in [0.1, 0.15) is 5.70 Å². The van der Waals surface area contributed by atoms with Crippen molar-refractivity contribution in [1.29, 1.82) is 0 Å². The van der Waals surface area contributed by atoms with E-state index in [2.05, 4.69) is 5.32 Å². The molecule has 5 nitrogen and oxygen atoms in total. The van der Waals surface area contributed by atoms with Gasteiger partial charge in [0.2, 0.25) is 0 Å². The minimum absolute atomic E-state index is 0.0207. The number of aliphatic hydroxyl groups excluding tert-OH is 1. The highest BCUT2D eigenvalue weighted by molar-refractivity contribution is 5.93. The third kappa shape index (κ3) is 5.77. The number of amides is 1. The molecule has 2 aliphatic heterocycles. The summed E-state index contributed by atoms with van der Waals surface area (Å²) < 4.78 is 42.0. The predicted molar refractivity (Wildman–Crippen MR) is 128 cm³/mol. The van der Waals surface area contributed by atoms with Crippen molar-refractivity contribution in [2.75, 3.05) is 26.2 Å². The zero-order valence-electron chi connectivity index (χ0n) is 19.5. The monoisotopic (exact) mass is 485 g/mol. The molecule has 1 fully saturated rings. The van der Waals surface area contributed by atoms with Crippen LogP contribution < -0.4 is 5.32 Å². The molecule has 0 bridgehead atoms. The molecule has 2 aliphatic rings. The number of carbonyl (C=O) groups is 1. The molecular formula is C27H30F3N3O2. The van der Waals surface area contributed by atoms with Crippen LogP contribution >= 0.6 is 0 Å². The Labute approximate surface area is 203 Å². The zero-order chi connectivity index (χ0) is 24.8. The van der Waals surface area contributed by atoms with Gasteiger partial charge >= 0.3 is 0 Å². The summed E-state index contributed by atoms with van der Waals surface area (Å²) in [4.78, 5) is 17.2. The molecule has 2 heterocycles. The molecule has 0 unspecified atom stereocenters. The van der Waals surface area contributed by atoms with Crippen molar-refractivity contribution in [1.82, 2.24) is 15.1 Å². The number of hydrogen-bond donors (Lipinski definition) is 2. The molecule has 8 heteroatoms. The molecular weight excluding hydrogens is 455 g/mol. The number of aliphatic hydroxyl groups is 1. The highest BCUT2D eigenvalue weighted by atomic mass is 19.2. The molecule has 186 valence electrons. The summed E-state index contributed by atoms with van der Waals surface area (Å²) in [5.41, 5.74) is 1.67. The Bertz CT molecular complexity index is 1110. The summed E-state index contributed by atoms with van der Waals surface area (Å²) >= 11 is 0. The van der Waals surface area contributed by atoms with Crippen LogP contribution in [0.25, 0.3) is 11.1 Å². The SMILES string of the molecule is O=C(C1=CCCC=CN1Cc1ccccc1-c1ccc(F)c(F)c1F)N1CCC(NCCO)CC1. The molecule has 1 saturated heterocycles. The number of halogens is 3. The van der Waals surface area contributed by atoms with Gasteiger partial charge < -0.3 is 20.2 Å². The molecule has 35 heavy (non-hydrogen) atoms. The van der Waals surface area contributed by atoms with E-state index in [4.69, 9.17) is 5.11 Å². The van der Waals surface area contributed by atoms with Crippen molar-refractivity contribution < 1.29 is 23.1 Å². The lowest BCUT2D eigenvalue weighted by Gasteiger charge is -2.35. The first-order valence-corrected chi connectivity index (χ1v) is 12.0. The third-order valence-corrected chi connectivity index (χ3v) is 6.50. The lowest BCUT2D eigenvalue weighted by atomic mass is 9.98. The Balaban J connectivity index is 1.55. The normalized spacial score (nSPS) is 16.9. The lowest BCUT2D eigenvalue weighted by molar-refractivity contribution is -0.129. The van der Waals surface area contributed by atoms with Crippen molar-refractivity contribution in [2.24, 2.45) is 0 Å². The number of likely N-dealkylation sites (tertiary alicyclic amines) is 1. The number of benzene rings is 2. The van der Waals surface area contributed by atoms with E-state index < -0.39 is 17.5 Å². The smallest absolute Gasteiger partial charge is 0.270 e. The van der Waals surface area contributed by atoms with Crippen molar-refractivity contribution >= 4 is 5.91 Å². The number of hydrogen-bond acceptors (Lipinski definition) is 4. The maximum absolute atomic E-state index is 14.6. The lowest BCUT2D eigenvalue weighted by Crippen LogP contribution is -2.47. The largest absolute Gasteiger partial charge is 0.395 e. The second kappa shape index (κ2) is 11.6. The maximum atomic E-state index is 14.6. The van der Waals surface area contributed by atoms with E-state index in [1.54, 1.807) is 24.3 Å². The summed E-state index contributed by atoms with van der Waals surface area (Å²) in [6, 6.07) is 9.42. The van der Waals surface area contributed by atoms with E-state index in [1.807, 2.05) is 28.2 Å². The Morgan fingerprint density at radius 1 is 1.00 bits per heavy atom. The van der Waals surface area contributed by atoms with Gasteiger partial charge in [-0.25, -0.2) is 13.2 Å². The standard InChI is InChI=1S/C27H30F3N3O2/c28-23-10-9-22(25(29)26(23)30)21-7-4-3-6-19(21)18-33-14-5-1-2-8-24(33)27(35)32-15-11-20(12-16-32)31-13-17-34/h3-10,14,20,31,34H,1-2,11-13,15-18H2. The second-order valence-electron chi connectivity index (χ2n) is 8.80. The van der Waals surface area contributed by atoms with Crippen LogP contribution in [0.4, 0.5) is 13.2 Å². The van der Waals surface area contributed by atoms with Gasteiger partial charge in [-0.1, -0.05) is 36.4 Å². The molecule has 0 radical (unpaired) electrons. The van der Waals surface area contributed by atoms with E-state index in [1.165, 1.54) is 6.07 Å². The van der Waals surface area contributed by atoms with Crippen LogP contribution in [0.1, 0.15) is 31.2 Å². The van der Waals surface area contributed by atoms with Crippen molar-refractivity contribution in [3.8, 4) is 11.1 Å². The van der Waals surface area contributed by atoms with Crippen LogP contribution in [-0.4, -0.2) is 53.1 Å². The predicted octanol–water partition coefficient (Wildman–Crippen LogP) is 4.34. The average molecular weight is 486 g/mol. The average Bonchev–Trinajstić information content (AvgIpc) is 3.12. The molecule has 2 aromatic rings. The van der Waals surface area contributed by atoms with Gasteiger partial charge in [0.15, 0.2) is 17.5 Å². The van der Waals surface area contributed by atoms with Crippen LogP contribution in [0.2, 0.25) is 0 Å². The summed E-state index contributed by atoms with van der Waals surface area (Å²) in [5, 5.41) is 12.3. The fourth-order valence-corrected chi connectivity index (χ4v) is 4.62. The van der Waals surface area contributed by atoms with E-state index in [-0.39, 0.29) is 30.7 Å². The van der Waals surface area contributed by atoms with Crippen molar-refractivity contribution in [3.63, 3.8) is 0 Å². The number of allylic oxidation sites excluding steroid dienone is 2. The number of nitrogens with zero attached hydrogens (tertiary/aromatic N) is 2. The van der Waals surface area contributed by atoms with Crippen LogP contribution in [0.3, 0.4) is 0 Å². The van der Waals surface area contributed by atoms with Crippen LogP contribution in [0.15, 0.2) is 60.4 Å². The first-order chi connectivity index (χ1) is 17.0. The fraction of sp³-hybridized carbons (Fsp3) is 0.370. The fourth-order valence-electron chi connectivity index (χ4n) is 4.62. The topological polar surface area (TPSA) is 55.8 Å². The van der Waals surface area contributed by atoms with E-state index in [0.29, 0.717) is 36.5 Å². The van der Waals surface area contributed by atoms with E-state index >= 15 is 0 Å². The Kier molecular flexibility index (Phi) is 8.25. The minimum atomic E-state index is -1.50. The number of piperidine rings is 1. The summed E-state index contributed by atoms with van der Waals surface area (Å²) in [6.45, 7) is 2.14. The maximum Gasteiger partial charge on any atom is 0.270 e. The molecule has 4 rings (SSSR count). The first-order valence-electron chi connectivity index (χ1n) is 12.0. The molecule has 0 saturated carbocycles. The van der Waals surface area contributed by atoms with Crippen molar-refractivity contribution in [2.45, 2.75) is 38.3 Å². The quantitative estimate of drug-likeness (QED) is 0.573. The zero-order valence-corrected chi connectivity index (χ0v) is 19.5. The molecule has 1 amide bonds. The van der Waals surface area contributed by atoms with E-state index in [9.17, 15) is 18.0 Å². The van der Waals surface area contributed by atoms with Crippen molar-refractivity contribution in [3.05, 3.63) is 83.5 Å². The number of nitrogens with one attached hydrogen (secondary N) is 1. The van der Waals surface area contributed by atoms with Crippen LogP contribution in [-0.2, 0) is 11.3 Å². The molecule has 0 spiro atoms. The molecule has 2 N–H and O–H groups in total. The summed E-state index contributed by atoms with van der Waals surface area (Å²) in [5.74, 6) is -4.02. The van der Waals surface area contributed by atoms with Crippen LogP contribution in [0, 0.1) is 17.5 Å². The van der Waals surface area contributed by atoms with Crippen LogP contribution in [0.5, 0.6) is 0 Å².